The maximum atomic E-state index is 12.3. The first kappa shape index (κ1) is 15.4. The van der Waals surface area contributed by atoms with Crippen LogP contribution in [0.15, 0.2) is 47.3 Å². The highest BCUT2D eigenvalue weighted by molar-refractivity contribution is 5.93. The Hall–Kier alpha value is -2.47. The minimum absolute atomic E-state index is 0.0515. The van der Waals surface area contributed by atoms with Crippen molar-refractivity contribution in [3.63, 3.8) is 0 Å². The molecule has 0 spiro atoms. The number of nitrogens with zero attached hydrogens (tertiary/aromatic N) is 1. The van der Waals surface area contributed by atoms with Gasteiger partial charge in [-0.25, -0.2) is 0 Å². The molecular formula is C17H19NO5. The molecule has 0 bridgehead atoms. The van der Waals surface area contributed by atoms with Gasteiger partial charge in [0.1, 0.15) is 19.0 Å². The number of carbonyl (C=O) groups excluding carboxylic acids is 1. The molecule has 122 valence electrons. The number of carbonyl (C=O) groups is 1. The van der Waals surface area contributed by atoms with Crippen molar-refractivity contribution in [2.24, 2.45) is 0 Å². The second-order valence-corrected chi connectivity index (χ2v) is 5.22. The quantitative estimate of drug-likeness (QED) is 0.846. The summed E-state index contributed by atoms with van der Waals surface area (Å²) in [5, 5.41) is 0. The number of hydrogen-bond acceptors (Lipinski definition) is 5. The molecule has 3 rings (SSSR count). The summed E-state index contributed by atoms with van der Waals surface area (Å²) in [6, 6.07) is 9.11. The van der Waals surface area contributed by atoms with Crippen LogP contribution in [0.3, 0.4) is 0 Å². The summed E-state index contributed by atoms with van der Waals surface area (Å²) in [5.74, 6) is 1.29. The second kappa shape index (κ2) is 7.19. The lowest BCUT2D eigenvalue weighted by Gasteiger charge is -2.32. The van der Waals surface area contributed by atoms with Crippen LogP contribution in [-0.4, -0.2) is 50.3 Å². The van der Waals surface area contributed by atoms with Gasteiger partial charge >= 0.3 is 0 Å². The van der Waals surface area contributed by atoms with Crippen LogP contribution in [0.5, 0.6) is 11.5 Å². The van der Waals surface area contributed by atoms with Crippen molar-refractivity contribution < 1.29 is 23.4 Å². The SMILES string of the molecule is COc1ccccc1OCC1CN(C(=O)c2ccoc2)CCO1. The first-order chi connectivity index (χ1) is 11.3. The number of rotatable bonds is 5. The van der Waals surface area contributed by atoms with Gasteiger partial charge in [-0.2, -0.15) is 0 Å². The molecule has 6 nitrogen and oxygen atoms in total. The Morgan fingerprint density at radius 1 is 1.30 bits per heavy atom. The van der Waals surface area contributed by atoms with Crippen LogP contribution < -0.4 is 9.47 Å². The van der Waals surface area contributed by atoms with E-state index in [-0.39, 0.29) is 12.0 Å². The van der Waals surface area contributed by atoms with Crippen LogP contribution in [0.2, 0.25) is 0 Å². The van der Waals surface area contributed by atoms with E-state index in [1.54, 1.807) is 18.1 Å². The molecule has 2 aromatic rings. The average molecular weight is 317 g/mol. The maximum absolute atomic E-state index is 12.3. The van der Waals surface area contributed by atoms with Crippen LogP contribution in [0.25, 0.3) is 0 Å². The Morgan fingerprint density at radius 2 is 2.13 bits per heavy atom. The highest BCUT2D eigenvalue weighted by Gasteiger charge is 2.26. The first-order valence-corrected chi connectivity index (χ1v) is 7.47. The van der Waals surface area contributed by atoms with Gasteiger partial charge in [0.15, 0.2) is 11.5 Å². The van der Waals surface area contributed by atoms with E-state index >= 15 is 0 Å². The van der Waals surface area contributed by atoms with Crippen LogP contribution in [0.1, 0.15) is 10.4 Å². The van der Waals surface area contributed by atoms with Gasteiger partial charge in [-0.3, -0.25) is 4.79 Å². The highest BCUT2D eigenvalue weighted by atomic mass is 16.5. The van der Waals surface area contributed by atoms with Crippen molar-refractivity contribution in [2.75, 3.05) is 33.4 Å². The molecule has 1 aromatic carbocycles. The molecule has 1 atom stereocenters. The molecule has 0 N–H and O–H groups in total. The normalized spacial score (nSPS) is 17.8. The monoisotopic (exact) mass is 317 g/mol. The molecule has 1 aliphatic rings. The zero-order chi connectivity index (χ0) is 16.1. The van der Waals surface area contributed by atoms with Gasteiger partial charge in [0.25, 0.3) is 5.91 Å². The predicted octanol–water partition coefficient (Wildman–Crippen LogP) is 2.21. The zero-order valence-corrected chi connectivity index (χ0v) is 12.9. The number of benzene rings is 1. The van der Waals surface area contributed by atoms with Gasteiger partial charge in [-0.1, -0.05) is 12.1 Å². The Balaban J connectivity index is 1.57. The number of morpholine rings is 1. The predicted molar refractivity (Wildman–Crippen MR) is 82.8 cm³/mol. The molecule has 1 amide bonds. The van der Waals surface area contributed by atoms with E-state index in [0.717, 1.165) is 0 Å². The second-order valence-electron chi connectivity index (χ2n) is 5.22. The minimum atomic E-state index is -0.176. The third-order valence-corrected chi connectivity index (χ3v) is 3.69. The summed E-state index contributed by atoms with van der Waals surface area (Å²) < 4.78 is 21.7. The first-order valence-electron chi connectivity index (χ1n) is 7.47. The molecule has 1 aliphatic heterocycles. The third kappa shape index (κ3) is 3.65. The number of ether oxygens (including phenoxy) is 3. The molecule has 2 heterocycles. The van der Waals surface area contributed by atoms with Gasteiger partial charge in [0, 0.05) is 6.54 Å². The van der Waals surface area contributed by atoms with Crippen molar-refractivity contribution in [2.45, 2.75) is 6.10 Å². The van der Waals surface area contributed by atoms with Crippen molar-refractivity contribution in [1.29, 1.82) is 0 Å². The fourth-order valence-electron chi connectivity index (χ4n) is 2.49. The Bertz CT molecular complexity index is 640. The highest BCUT2D eigenvalue weighted by Crippen LogP contribution is 2.26. The summed E-state index contributed by atoms with van der Waals surface area (Å²) in [6.45, 7) is 1.90. The maximum Gasteiger partial charge on any atom is 0.257 e. The lowest BCUT2D eigenvalue weighted by atomic mass is 10.2. The van der Waals surface area contributed by atoms with Crippen molar-refractivity contribution >= 4 is 5.91 Å². The van der Waals surface area contributed by atoms with Crippen molar-refractivity contribution in [3.8, 4) is 11.5 Å². The molecule has 0 radical (unpaired) electrons. The zero-order valence-electron chi connectivity index (χ0n) is 12.9. The summed E-state index contributed by atoms with van der Waals surface area (Å²) in [4.78, 5) is 14.1. The summed E-state index contributed by atoms with van der Waals surface area (Å²) in [5.41, 5.74) is 0.552. The van der Waals surface area contributed by atoms with Crippen molar-refractivity contribution in [3.05, 3.63) is 48.4 Å². The molecule has 1 aromatic heterocycles. The number of hydrogen-bond donors (Lipinski definition) is 0. The van der Waals surface area contributed by atoms with Crippen LogP contribution in [-0.2, 0) is 4.74 Å². The Kier molecular flexibility index (Phi) is 4.83. The van der Waals surface area contributed by atoms with Crippen LogP contribution >= 0.6 is 0 Å². The van der Waals surface area contributed by atoms with Gasteiger partial charge in [0.2, 0.25) is 0 Å². The van der Waals surface area contributed by atoms with Crippen LogP contribution in [0, 0.1) is 0 Å². The summed E-state index contributed by atoms with van der Waals surface area (Å²) >= 11 is 0. The van der Waals surface area contributed by atoms with Gasteiger partial charge in [0.05, 0.1) is 32.1 Å². The Labute approximate surface area is 134 Å². The largest absolute Gasteiger partial charge is 0.493 e. The molecule has 0 saturated carbocycles. The van der Waals surface area contributed by atoms with E-state index < -0.39 is 0 Å². The minimum Gasteiger partial charge on any atom is -0.493 e. The van der Waals surface area contributed by atoms with Crippen molar-refractivity contribution in [1.82, 2.24) is 4.90 Å². The standard InChI is InChI=1S/C17H19NO5/c1-20-15-4-2-3-5-16(15)23-12-14-10-18(7-9-22-14)17(19)13-6-8-21-11-13/h2-6,8,11,14H,7,9-10,12H2,1H3. The average Bonchev–Trinajstić information content (AvgIpc) is 3.14. The molecule has 1 unspecified atom stereocenters. The fourth-order valence-corrected chi connectivity index (χ4v) is 2.49. The number of para-hydroxylation sites is 2. The summed E-state index contributed by atoms with van der Waals surface area (Å²) in [7, 11) is 1.60. The van der Waals surface area contributed by atoms with E-state index in [1.807, 2.05) is 24.3 Å². The summed E-state index contributed by atoms with van der Waals surface area (Å²) in [6.07, 6.45) is 2.78. The molecule has 1 fully saturated rings. The van der Waals surface area contributed by atoms with E-state index in [1.165, 1.54) is 12.5 Å². The number of furan rings is 1. The van der Waals surface area contributed by atoms with Gasteiger partial charge < -0.3 is 23.5 Å². The molecule has 1 saturated heterocycles. The van der Waals surface area contributed by atoms with Gasteiger partial charge in [-0.15, -0.1) is 0 Å². The van der Waals surface area contributed by atoms with Gasteiger partial charge in [-0.05, 0) is 18.2 Å². The molecule has 23 heavy (non-hydrogen) atoms. The number of amides is 1. The number of methoxy groups -OCH3 is 1. The van der Waals surface area contributed by atoms with E-state index in [9.17, 15) is 4.79 Å². The third-order valence-electron chi connectivity index (χ3n) is 3.69. The lowest BCUT2D eigenvalue weighted by Crippen LogP contribution is -2.47. The fraction of sp³-hybridized carbons (Fsp3) is 0.353. The van der Waals surface area contributed by atoms with E-state index in [0.29, 0.717) is 43.4 Å². The Morgan fingerprint density at radius 3 is 2.87 bits per heavy atom. The topological polar surface area (TPSA) is 61.1 Å². The lowest BCUT2D eigenvalue weighted by molar-refractivity contribution is -0.0404. The van der Waals surface area contributed by atoms with E-state index in [4.69, 9.17) is 18.6 Å². The molecular weight excluding hydrogens is 298 g/mol. The smallest absolute Gasteiger partial charge is 0.257 e. The van der Waals surface area contributed by atoms with Crippen LogP contribution in [0.4, 0.5) is 0 Å². The molecule has 6 heteroatoms. The van der Waals surface area contributed by atoms with E-state index in [2.05, 4.69) is 0 Å². The molecule has 0 aliphatic carbocycles.